The van der Waals surface area contributed by atoms with Crippen LogP contribution in [0.5, 0.6) is 11.5 Å². The molecule has 4 aromatic rings. The van der Waals surface area contributed by atoms with E-state index in [9.17, 15) is 4.79 Å². The van der Waals surface area contributed by atoms with E-state index in [4.69, 9.17) is 9.47 Å². The van der Waals surface area contributed by atoms with E-state index in [1.54, 1.807) is 38.6 Å². The summed E-state index contributed by atoms with van der Waals surface area (Å²) in [5.41, 5.74) is 2.17. The number of pyridine rings is 2. The molecule has 5 heteroatoms. The van der Waals surface area contributed by atoms with Crippen molar-refractivity contribution in [3.05, 3.63) is 71.0 Å². The molecule has 0 amide bonds. The van der Waals surface area contributed by atoms with Gasteiger partial charge in [0.1, 0.15) is 5.65 Å². The van der Waals surface area contributed by atoms with E-state index in [1.165, 1.54) is 0 Å². The number of nitrogens with zero attached hydrogens (tertiary/aromatic N) is 2. The summed E-state index contributed by atoms with van der Waals surface area (Å²) in [6, 6.07) is 16.9. The van der Waals surface area contributed by atoms with Crippen molar-refractivity contribution in [1.29, 1.82) is 0 Å². The van der Waals surface area contributed by atoms with Gasteiger partial charge in [-0.15, -0.1) is 0 Å². The van der Waals surface area contributed by atoms with Crippen LogP contribution in [0.15, 0.2) is 65.6 Å². The zero-order valence-corrected chi connectivity index (χ0v) is 13.9. The summed E-state index contributed by atoms with van der Waals surface area (Å²) in [4.78, 5) is 17.4. The van der Waals surface area contributed by atoms with Crippen LogP contribution in [0.25, 0.3) is 27.6 Å². The number of fused-ring (bicyclic) bond motifs is 2. The van der Waals surface area contributed by atoms with Gasteiger partial charge in [0.05, 0.1) is 30.5 Å². The first-order valence-corrected chi connectivity index (χ1v) is 7.85. The Balaban J connectivity index is 2.26. The van der Waals surface area contributed by atoms with Crippen molar-refractivity contribution in [1.82, 2.24) is 9.55 Å². The molecule has 0 aliphatic heterocycles. The minimum atomic E-state index is -0.0776. The molecule has 0 saturated heterocycles. The Morgan fingerprint density at radius 2 is 1.60 bits per heavy atom. The number of aromatic nitrogens is 2. The van der Waals surface area contributed by atoms with E-state index < -0.39 is 0 Å². The average molecular weight is 332 g/mol. The molecule has 0 bridgehead atoms. The fourth-order valence-corrected chi connectivity index (χ4v) is 3.09. The van der Waals surface area contributed by atoms with Crippen LogP contribution in [0, 0.1) is 0 Å². The highest BCUT2D eigenvalue weighted by atomic mass is 16.5. The minimum Gasteiger partial charge on any atom is -0.493 e. The van der Waals surface area contributed by atoms with Crippen molar-refractivity contribution in [3.63, 3.8) is 0 Å². The highest BCUT2D eigenvalue weighted by molar-refractivity contribution is 5.95. The van der Waals surface area contributed by atoms with Gasteiger partial charge in [-0.2, -0.15) is 0 Å². The predicted octanol–water partition coefficient (Wildman–Crippen LogP) is 3.56. The maximum Gasteiger partial charge on any atom is 0.199 e. The van der Waals surface area contributed by atoms with Gasteiger partial charge >= 0.3 is 0 Å². The lowest BCUT2D eigenvalue weighted by Crippen LogP contribution is -2.12. The van der Waals surface area contributed by atoms with Gasteiger partial charge < -0.3 is 9.47 Å². The molecule has 0 aliphatic carbocycles. The Hall–Kier alpha value is -3.34. The molecule has 0 radical (unpaired) electrons. The summed E-state index contributed by atoms with van der Waals surface area (Å²) in [7, 11) is 3.13. The van der Waals surface area contributed by atoms with Gasteiger partial charge in [-0.05, 0) is 30.3 Å². The Morgan fingerprint density at radius 3 is 2.32 bits per heavy atom. The third-order valence-corrected chi connectivity index (χ3v) is 4.24. The molecule has 0 N–H and O–H groups in total. The van der Waals surface area contributed by atoms with E-state index in [2.05, 4.69) is 4.98 Å². The molecule has 124 valence electrons. The second kappa shape index (κ2) is 5.94. The highest BCUT2D eigenvalue weighted by Gasteiger charge is 2.16. The van der Waals surface area contributed by atoms with Gasteiger partial charge in [0, 0.05) is 18.0 Å². The molecule has 2 heterocycles. The van der Waals surface area contributed by atoms with Gasteiger partial charge in [-0.1, -0.05) is 18.2 Å². The third-order valence-electron chi connectivity index (χ3n) is 4.24. The van der Waals surface area contributed by atoms with Gasteiger partial charge in [-0.25, -0.2) is 4.98 Å². The molecule has 5 nitrogen and oxygen atoms in total. The Bertz CT molecular complexity index is 1130. The zero-order chi connectivity index (χ0) is 17.4. The van der Waals surface area contributed by atoms with Crippen molar-refractivity contribution in [2.24, 2.45) is 0 Å². The lowest BCUT2D eigenvalue weighted by molar-refractivity contribution is 0.355. The number of methoxy groups -OCH3 is 2. The largest absolute Gasteiger partial charge is 0.493 e. The molecule has 0 spiro atoms. The molecule has 2 aromatic carbocycles. The van der Waals surface area contributed by atoms with Crippen molar-refractivity contribution in [2.45, 2.75) is 0 Å². The van der Waals surface area contributed by atoms with Crippen molar-refractivity contribution >= 4 is 21.9 Å². The summed E-state index contributed by atoms with van der Waals surface area (Å²) in [6.07, 6.45) is 1.69. The molecule has 2 aromatic heterocycles. The summed E-state index contributed by atoms with van der Waals surface area (Å²) >= 11 is 0. The molecule has 0 unspecified atom stereocenters. The second-order valence-corrected chi connectivity index (χ2v) is 5.60. The second-order valence-electron chi connectivity index (χ2n) is 5.60. The SMILES string of the molecule is COc1cc2c(=O)c3cccnc3n(-c3ccccc3)c2cc1OC. The number of hydrogen-bond donors (Lipinski definition) is 0. The van der Waals surface area contributed by atoms with Crippen LogP contribution < -0.4 is 14.9 Å². The Labute approximate surface area is 144 Å². The fraction of sp³-hybridized carbons (Fsp3) is 0.100. The first-order chi connectivity index (χ1) is 12.2. The minimum absolute atomic E-state index is 0.0776. The topological polar surface area (TPSA) is 53.3 Å². The smallest absolute Gasteiger partial charge is 0.199 e. The van der Waals surface area contributed by atoms with Crippen molar-refractivity contribution in [2.75, 3.05) is 14.2 Å². The van der Waals surface area contributed by atoms with Crippen LogP contribution in [0.1, 0.15) is 0 Å². The van der Waals surface area contributed by atoms with Crippen LogP contribution >= 0.6 is 0 Å². The normalized spacial score (nSPS) is 11.0. The Morgan fingerprint density at radius 1 is 0.880 bits per heavy atom. The number of benzene rings is 2. The first kappa shape index (κ1) is 15.2. The van der Waals surface area contributed by atoms with Gasteiger partial charge in [0.2, 0.25) is 0 Å². The molecule has 25 heavy (non-hydrogen) atoms. The van der Waals surface area contributed by atoms with E-state index in [0.29, 0.717) is 27.9 Å². The van der Waals surface area contributed by atoms with Crippen LogP contribution in [0.2, 0.25) is 0 Å². The first-order valence-electron chi connectivity index (χ1n) is 7.85. The predicted molar refractivity (Wildman–Crippen MR) is 98.0 cm³/mol. The summed E-state index contributed by atoms with van der Waals surface area (Å²) < 4.78 is 12.8. The highest BCUT2D eigenvalue weighted by Crippen LogP contribution is 2.33. The molecule has 0 aliphatic rings. The number of hydrogen-bond acceptors (Lipinski definition) is 4. The standard InChI is InChI=1S/C20H16N2O3/c1-24-17-11-15-16(12-18(17)25-2)22(13-7-4-3-5-8-13)20-14(19(15)23)9-6-10-21-20/h3-12H,1-2H3. The molecule has 0 saturated carbocycles. The quantitative estimate of drug-likeness (QED) is 0.538. The van der Waals surface area contributed by atoms with Crippen LogP contribution in [-0.4, -0.2) is 23.8 Å². The van der Waals surface area contributed by atoms with Crippen LogP contribution in [0.4, 0.5) is 0 Å². The lowest BCUT2D eigenvalue weighted by atomic mass is 10.1. The molecule has 0 atom stereocenters. The lowest BCUT2D eigenvalue weighted by Gasteiger charge is -2.16. The van der Waals surface area contributed by atoms with E-state index in [1.807, 2.05) is 41.0 Å². The number of para-hydroxylation sites is 1. The van der Waals surface area contributed by atoms with Gasteiger partial charge in [0.25, 0.3) is 0 Å². The average Bonchev–Trinajstić information content (AvgIpc) is 2.68. The maximum atomic E-state index is 13.0. The van der Waals surface area contributed by atoms with Gasteiger partial charge in [0.15, 0.2) is 16.9 Å². The van der Waals surface area contributed by atoms with Crippen LogP contribution in [0.3, 0.4) is 0 Å². The summed E-state index contributed by atoms with van der Waals surface area (Å²) in [5, 5.41) is 1.12. The van der Waals surface area contributed by atoms with E-state index in [0.717, 1.165) is 11.2 Å². The number of ether oxygens (including phenoxy) is 2. The van der Waals surface area contributed by atoms with E-state index >= 15 is 0 Å². The van der Waals surface area contributed by atoms with E-state index in [-0.39, 0.29) is 5.43 Å². The number of rotatable bonds is 3. The summed E-state index contributed by atoms with van der Waals surface area (Å²) in [5.74, 6) is 1.09. The van der Waals surface area contributed by atoms with Crippen molar-refractivity contribution in [3.8, 4) is 17.2 Å². The monoisotopic (exact) mass is 332 g/mol. The maximum absolute atomic E-state index is 13.0. The van der Waals surface area contributed by atoms with Crippen molar-refractivity contribution < 1.29 is 9.47 Å². The third kappa shape index (κ3) is 2.32. The van der Waals surface area contributed by atoms with Crippen LogP contribution in [-0.2, 0) is 0 Å². The zero-order valence-electron chi connectivity index (χ0n) is 13.9. The molecular formula is C20H16N2O3. The molecular weight excluding hydrogens is 316 g/mol. The van der Waals surface area contributed by atoms with Gasteiger partial charge in [-0.3, -0.25) is 9.36 Å². The molecule has 0 fully saturated rings. The summed E-state index contributed by atoms with van der Waals surface area (Å²) in [6.45, 7) is 0. The molecule has 4 rings (SSSR count). The fourth-order valence-electron chi connectivity index (χ4n) is 3.09. The Kier molecular flexibility index (Phi) is 3.61.